The molecule has 1 saturated heterocycles. The zero-order valence-corrected chi connectivity index (χ0v) is 11.2. The quantitative estimate of drug-likeness (QED) is 0.785. The number of hydrogen-bond donors (Lipinski definition) is 0. The summed E-state index contributed by atoms with van der Waals surface area (Å²) in [6.45, 7) is 11.4. The van der Waals surface area contributed by atoms with Crippen LogP contribution in [0.15, 0.2) is 12.1 Å². The first-order valence-corrected chi connectivity index (χ1v) is 6.35. The highest BCUT2D eigenvalue weighted by Gasteiger charge is 2.22. The minimum absolute atomic E-state index is 0.336. The van der Waals surface area contributed by atoms with Crippen LogP contribution in [0, 0.1) is 13.8 Å². The molecule has 2 unspecified atom stereocenters. The lowest BCUT2D eigenvalue weighted by Crippen LogP contribution is -2.44. The summed E-state index contributed by atoms with van der Waals surface area (Å²) in [5.74, 6) is 0. The first-order chi connectivity index (χ1) is 8.02. The summed E-state index contributed by atoms with van der Waals surface area (Å²) < 4.78 is 5.75. The van der Waals surface area contributed by atoms with Gasteiger partial charge < -0.3 is 4.74 Å². The van der Waals surface area contributed by atoms with Crippen molar-refractivity contribution in [1.82, 2.24) is 9.88 Å². The van der Waals surface area contributed by atoms with Crippen LogP contribution in [-0.4, -0.2) is 35.2 Å². The molecule has 1 aromatic heterocycles. The van der Waals surface area contributed by atoms with Crippen molar-refractivity contribution < 1.29 is 4.74 Å². The maximum atomic E-state index is 5.75. The van der Waals surface area contributed by atoms with Gasteiger partial charge in [-0.2, -0.15) is 0 Å². The molecule has 0 aromatic carbocycles. The summed E-state index contributed by atoms with van der Waals surface area (Å²) in [4.78, 5) is 6.88. The number of rotatable bonds is 2. The topological polar surface area (TPSA) is 25.4 Å². The van der Waals surface area contributed by atoms with E-state index in [1.165, 1.54) is 5.56 Å². The largest absolute Gasteiger partial charge is 0.373 e. The fourth-order valence-corrected chi connectivity index (χ4v) is 2.68. The molecule has 1 aliphatic rings. The molecule has 17 heavy (non-hydrogen) atoms. The molecule has 0 N–H and O–H groups in total. The minimum atomic E-state index is 0.336. The Labute approximate surface area is 104 Å². The standard InChI is InChI=1S/C14H22N2O/c1-10-5-14(6-11(2)15-10)9-16-7-12(3)17-13(4)8-16/h5-6,12-13H,7-9H2,1-4H3. The third-order valence-electron chi connectivity index (χ3n) is 3.04. The van der Waals surface area contributed by atoms with Crippen LogP contribution < -0.4 is 0 Å². The van der Waals surface area contributed by atoms with E-state index in [9.17, 15) is 0 Å². The minimum Gasteiger partial charge on any atom is -0.373 e. The van der Waals surface area contributed by atoms with Gasteiger partial charge >= 0.3 is 0 Å². The average Bonchev–Trinajstić information content (AvgIpc) is 2.13. The van der Waals surface area contributed by atoms with Crippen LogP contribution >= 0.6 is 0 Å². The predicted octanol–water partition coefficient (Wildman–Crippen LogP) is 2.31. The number of pyridine rings is 1. The van der Waals surface area contributed by atoms with Crippen molar-refractivity contribution in [2.45, 2.75) is 46.4 Å². The van der Waals surface area contributed by atoms with Crippen molar-refractivity contribution >= 4 is 0 Å². The Morgan fingerprint density at radius 2 is 1.71 bits per heavy atom. The van der Waals surface area contributed by atoms with Crippen molar-refractivity contribution in [3.05, 3.63) is 29.1 Å². The van der Waals surface area contributed by atoms with Crippen molar-refractivity contribution in [1.29, 1.82) is 0 Å². The maximum absolute atomic E-state index is 5.75. The molecular weight excluding hydrogens is 212 g/mol. The SMILES string of the molecule is Cc1cc(CN2CC(C)OC(C)C2)cc(C)n1. The zero-order valence-electron chi connectivity index (χ0n) is 11.2. The van der Waals surface area contributed by atoms with Crippen molar-refractivity contribution in [3.8, 4) is 0 Å². The molecule has 2 rings (SSSR count). The van der Waals surface area contributed by atoms with E-state index in [1.54, 1.807) is 0 Å². The number of aromatic nitrogens is 1. The second kappa shape index (κ2) is 5.15. The Kier molecular flexibility index (Phi) is 3.79. The van der Waals surface area contributed by atoms with Gasteiger partial charge in [0.05, 0.1) is 12.2 Å². The molecule has 0 aliphatic carbocycles. The van der Waals surface area contributed by atoms with Gasteiger partial charge in [0.25, 0.3) is 0 Å². The Morgan fingerprint density at radius 3 is 2.24 bits per heavy atom. The highest BCUT2D eigenvalue weighted by molar-refractivity contribution is 5.20. The number of nitrogens with zero attached hydrogens (tertiary/aromatic N) is 2. The number of ether oxygens (including phenoxy) is 1. The second-order valence-corrected chi connectivity index (χ2v) is 5.21. The molecule has 0 radical (unpaired) electrons. The molecule has 0 saturated carbocycles. The van der Waals surface area contributed by atoms with E-state index >= 15 is 0 Å². The summed E-state index contributed by atoms with van der Waals surface area (Å²) >= 11 is 0. The first kappa shape index (κ1) is 12.5. The molecule has 0 amide bonds. The number of morpholine rings is 1. The molecular formula is C14H22N2O. The van der Waals surface area contributed by atoms with Crippen LogP contribution in [0.5, 0.6) is 0 Å². The van der Waals surface area contributed by atoms with Gasteiger partial charge in [-0.1, -0.05) is 0 Å². The van der Waals surface area contributed by atoms with Gasteiger partial charge in [-0.15, -0.1) is 0 Å². The highest BCUT2D eigenvalue weighted by Crippen LogP contribution is 2.15. The van der Waals surface area contributed by atoms with E-state index in [2.05, 4.69) is 49.7 Å². The first-order valence-electron chi connectivity index (χ1n) is 6.35. The molecule has 1 fully saturated rings. The monoisotopic (exact) mass is 234 g/mol. The molecule has 2 atom stereocenters. The summed E-state index contributed by atoms with van der Waals surface area (Å²) in [6, 6.07) is 4.36. The van der Waals surface area contributed by atoms with Gasteiger partial charge in [-0.3, -0.25) is 9.88 Å². The molecule has 1 aliphatic heterocycles. The fraction of sp³-hybridized carbons (Fsp3) is 0.643. The Bertz CT molecular complexity index is 362. The molecule has 2 heterocycles. The van der Waals surface area contributed by atoms with Gasteiger partial charge in [0.1, 0.15) is 0 Å². The Morgan fingerprint density at radius 1 is 1.18 bits per heavy atom. The third-order valence-corrected chi connectivity index (χ3v) is 3.04. The van der Waals surface area contributed by atoms with E-state index in [1.807, 2.05) is 0 Å². The van der Waals surface area contributed by atoms with Crippen LogP contribution in [0.2, 0.25) is 0 Å². The zero-order chi connectivity index (χ0) is 12.4. The van der Waals surface area contributed by atoms with E-state index in [4.69, 9.17) is 4.74 Å². The summed E-state index contributed by atoms with van der Waals surface area (Å²) in [5.41, 5.74) is 3.57. The van der Waals surface area contributed by atoms with E-state index in [0.29, 0.717) is 12.2 Å². The summed E-state index contributed by atoms with van der Waals surface area (Å²) in [6.07, 6.45) is 0.672. The number of aryl methyl sites for hydroxylation is 2. The maximum Gasteiger partial charge on any atom is 0.0678 e. The van der Waals surface area contributed by atoms with Crippen molar-refractivity contribution in [2.75, 3.05) is 13.1 Å². The Hall–Kier alpha value is -0.930. The van der Waals surface area contributed by atoms with Gasteiger partial charge in [0.2, 0.25) is 0 Å². The average molecular weight is 234 g/mol. The molecule has 1 aromatic rings. The van der Waals surface area contributed by atoms with Crippen LogP contribution in [0.25, 0.3) is 0 Å². The van der Waals surface area contributed by atoms with Gasteiger partial charge in [-0.05, 0) is 45.4 Å². The smallest absolute Gasteiger partial charge is 0.0678 e. The lowest BCUT2D eigenvalue weighted by atomic mass is 10.1. The molecule has 0 bridgehead atoms. The van der Waals surface area contributed by atoms with Gasteiger partial charge in [0, 0.05) is 31.0 Å². The van der Waals surface area contributed by atoms with Crippen LogP contribution in [0.3, 0.4) is 0 Å². The highest BCUT2D eigenvalue weighted by atomic mass is 16.5. The molecule has 3 nitrogen and oxygen atoms in total. The third kappa shape index (κ3) is 3.51. The number of hydrogen-bond acceptors (Lipinski definition) is 3. The molecule has 3 heteroatoms. The van der Waals surface area contributed by atoms with E-state index in [-0.39, 0.29) is 0 Å². The normalized spacial score (nSPS) is 26.1. The fourth-order valence-electron chi connectivity index (χ4n) is 2.68. The van der Waals surface area contributed by atoms with Crippen molar-refractivity contribution in [2.24, 2.45) is 0 Å². The lowest BCUT2D eigenvalue weighted by Gasteiger charge is -2.35. The summed E-state index contributed by atoms with van der Waals surface area (Å²) in [7, 11) is 0. The Balaban J connectivity index is 2.04. The molecule has 94 valence electrons. The van der Waals surface area contributed by atoms with E-state index in [0.717, 1.165) is 31.0 Å². The van der Waals surface area contributed by atoms with Gasteiger partial charge in [-0.25, -0.2) is 0 Å². The van der Waals surface area contributed by atoms with Crippen LogP contribution in [0.4, 0.5) is 0 Å². The molecule has 0 spiro atoms. The summed E-state index contributed by atoms with van der Waals surface area (Å²) in [5, 5.41) is 0. The lowest BCUT2D eigenvalue weighted by molar-refractivity contribution is -0.0704. The van der Waals surface area contributed by atoms with Gasteiger partial charge in [0.15, 0.2) is 0 Å². The predicted molar refractivity (Wildman–Crippen MR) is 69.0 cm³/mol. The second-order valence-electron chi connectivity index (χ2n) is 5.21. The van der Waals surface area contributed by atoms with Crippen LogP contribution in [0.1, 0.15) is 30.8 Å². The van der Waals surface area contributed by atoms with E-state index < -0.39 is 0 Å². The van der Waals surface area contributed by atoms with Crippen molar-refractivity contribution in [3.63, 3.8) is 0 Å². The van der Waals surface area contributed by atoms with Crippen LogP contribution in [-0.2, 0) is 11.3 Å².